The van der Waals surface area contributed by atoms with Crippen LogP contribution in [0.2, 0.25) is 0 Å². The van der Waals surface area contributed by atoms with E-state index in [1.165, 1.54) is 0 Å². The zero-order valence-corrected chi connectivity index (χ0v) is 12.4. The van der Waals surface area contributed by atoms with Crippen LogP contribution in [0.5, 0.6) is 0 Å². The lowest BCUT2D eigenvalue weighted by Gasteiger charge is -2.23. The molecule has 0 aromatic heterocycles. The van der Waals surface area contributed by atoms with E-state index >= 15 is 0 Å². The van der Waals surface area contributed by atoms with Gasteiger partial charge in [-0.05, 0) is 32.1 Å². The van der Waals surface area contributed by atoms with Crippen molar-refractivity contribution in [3.8, 4) is 0 Å². The van der Waals surface area contributed by atoms with Gasteiger partial charge in [-0.25, -0.2) is 0 Å². The van der Waals surface area contributed by atoms with Gasteiger partial charge >= 0.3 is 0 Å². The number of hydrogen-bond acceptors (Lipinski definition) is 3. The Morgan fingerprint density at radius 1 is 1.26 bits per heavy atom. The van der Waals surface area contributed by atoms with E-state index in [-0.39, 0.29) is 11.9 Å². The van der Waals surface area contributed by atoms with Crippen LogP contribution in [0, 0.1) is 0 Å². The predicted molar refractivity (Wildman–Crippen MR) is 80.7 cm³/mol. The van der Waals surface area contributed by atoms with Gasteiger partial charge in [-0.2, -0.15) is 0 Å². The third-order valence-electron chi connectivity index (χ3n) is 3.25. The molecular formula is C15H25N3O. The second-order valence-electron chi connectivity index (χ2n) is 4.66. The van der Waals surface area contributed by atoms with Crippen molar-refractivity contribution in [1.29, 1.82) is 0 Å². The molecule has 1 aromatic rings. The molecule has 0 bridgehead atoms. The first kappa shape index (κ1) is 15.5. The number of para-hydroxylation sites is 1. The van der Waals surface area contributed by atoms with Crippen molar-refractivity contribution < 1.29 is 4.79 Å². The van der Waals surface area contributed by atoms with E-state index in [1.54, 1.807) is 0 Å². The van der Waals surface area contributed by atoms with Crippen LogP contribution in [0.15, 0.2) is 24.3 Å². The molecule has 106 valence electrons. The molecule has 4 heteroatoms. The summed E-state index contributed by atoms with van der Waals surface area (Å²) in [5, 5.41) is 6.09. The summed E-state index contributed by atoms with van der Waals surface area (Å²) in [4.78, 5) is 14.5. The molecule has 1 amide bonds. The molecule has 0 heterocycles. The SMILES string of the molecule is CCN(CC)CC(C)NC(=O)c1ccccc1NC. The standard InChI is InChI=1S/C15H25N3O/c1-5-18(6-2)11-12(3)17-15(19)13-9-7-8-10-14(13)16-4/h7-10,12,16H,5-6,11H2,1-4H3,(H,17,19). The van der Waals surface area contributed by atoms with Crippen molar-refractivity contribution >= 4 is 11.6 Å². The molecule has 1 unspecified atom stereocenters. The Hall–Kier alpha value is -1.55. The summed E-state index contributed by atoms with van der Waals surface area (Å²) in [6.45, 7) is 9.19. The molecule has 0 aliphatic heterocycles. The van der Waals surface area contributed by atoms with Crippen molar-refractivity contribution in [2.75, 3.05) is 32.0 Å². The fourth-order valence-electron chi connectivity index (χ4n) is 2.12. The predicted octanol–water partition coefficient (Wildman–Crippen LogP) is 2.19. The highest BCUT2D eigenvalue weighted by Crippen LogP contribution is 2.13. The number of nitrogens with zero attached hydrogens (tertiary/aromatic N) is 1. The van der Waals surface area contributed by atoms with Crippen molar-refractivity contribution in [3.63, 3.8) is 0 Å². The number of likely N-dealkylation sites (N-methyl/N-ethyl adjacent to an activating group) is 1. The van der Waals surface area contributed by atoms with Crippen LogP contribution in [-0.4, -0.2) is 43.5 Å². The molecular weight excluding hydrogens is 238 g/mol. The lowest BCUT2D eigenvalue weighted by molar-refractivity contribution is 0.0931. The molecule has 4 nitrogen and oxygen atoms in total. The van der Waals surface area contributed by atoms with Crippen LogP contribution in [-0.2, 0) is 0 Å². The Morgan fingerprint density at radius 3 is 2.47 bits per heavy atom. The van der Waals surface area contributed by atoms with Gasteiger partial charge < -0.3 is 15.5 Å². The average Bonchev–Trinajstić information content (AvgIpc) is 2.44. The van der Waals surface area contributed by atoms with Gasteiger partial charge in [-0.3, -0.25) is 4.79 Å². The second kappa shape index (κ2) is 7.79. The molecule has 0 saturated heterocycles. The number of nitrogens with one attached hydrogen (secondary N) is 2. The fraction of sp³-hybridized carbons (Fsp3) is 0.533. The van der Waals surface area contributed by atoms with Crippen LogP contribution in [0.3, 0.4) is 0 Å². The van der Waals surface area contributed by atoms with Crippen LogP contribution in [0.4, 0.5) is 5.69 Å². The van der Waals surface area contributed by atoms with Crippen LogP contribution in [0.25, 0.3) is 0 Å². The molecule has 0 aliphatic carbocycles. The first-order valence-corrected chi connectivity index (χ1v) is 6.92. The first-order chi connectivity index (χ1) is 9.12. The normalized spacial score (nSPS) is 12.3. The van der Waals surface area contributed by atoms with Crippen molar-refractivity contribution in [1.82, 2.24) is 10.2 Å². The Bertz CT molecular complexity index is 402. The minimum Gasteiger partial charge on any atom is -0.387 e. The molecule has 19 heavy (non-hydrogen) atoms. The molecule has 0 aliphatic rings. The lowest BCUT2D eigenvalue weighted by atomic mass is 10.1. The summed E-state index contributed by atoms with van der Waals surface area (Å²) in [6, 6.07) is 7.68. The Morgan fingerprint density at radius 2 is 1.89 bits per heavy atom. The highest BCUT2D eigenvalue weighted by molar-refractivity contribution is 5.99. The van der Waals surface area contributed by atoms with Gasteiger partial charge in [0.1, 0.15) is 0 Å². The van der Waals surface area contributed by atoms with Gasteiger partial charge in [0.15, 0.2) is 0 Å². The molecule has 0 fully saturated rings. The van der Waals surface area contributed by atoms with Crippen molar-refractivity contribution in [2.24, 2.45) is 0 Å². The zero-order valence-electron chi connectivity index (χ0n) is 12.4. The van der Waals surface area contributed by atoms with E-state index in [2.05, 4.69) is 29.4 Å². The Balaban J connectivity index is 2.63. The largest absolute Gasteiger partial charge is 0.387 e. The molecule has 0 saturated carbocycles. The summed E-state index contributed by atoms with van der Waals surface area (Å²) in [6.07, 6.45) is 0. The van der Waals surface area contributed by atoms with E-state index in [1.807, 2.05) is 38.2 Å². The third-order valence-corrected chi connectivity index (χ3v) is 3.25. The zero-order chi connectivity index (χ0) is 14.3. The quantitative estimate of drug-likeness (QED) is 0.792. The van der Waals surface area contributed by atoms with E-state index in [0.717, 1.165) is 25.3 Å². The third kappa shape index (κ3) is 4.56. The van der Waals surface area contributed by atoms with Crippen LogP contribution in [0.1, 0.15) is 31.1 Å². The molecule has 0 radical (unpaired) electrons. The number of rotatable bonds is 7. The molecule has 1 atom stereocenters. The second-order valence-corrected chi connectivity index (χ2v) is 4.66. The summed E-state index contributed by atoms with van der Waals surface area (Å²) in [5.41, 5.74) is 1.55. The maximum absolute atomic E-state index is 12.2. The number of amides is 1. The maximum Gasteiger partial charge on any atom is 0.253 e. The highest BCUT2D eigenvalue weighted by atomic mass is 16.1. The Kier molecular flexibility index (Phi) is 6.36. The van der Waals surface area contributed by atoms with Gasteiger partial charge in [0.25, 0.3) is 5.91 Å². The molecule has 1 aromatic carbocycles. The Labute approximate surface area is 116 Å². The number of carbonyl (C=O) groups excluding carboxylic acids is 1. The van der Waals surface area contributed by atoms with Gasteiger partial charge in [0, 0.05) is 25.3 Å². The number of hydrogen-bond donors (Lipinski definition) is 2. The lowest BCUT2D eigenvalue weighted by Crippen LogP contribution is -2.42. The van der Waals surface area contributed by atoms with E-state index < -0.39 is 0 Å². The van der Waals surface area contributed by atoms with Gasteiger partial charge in [-0.1, -0.05) is 26.0 Å². The summed E-state index contributed by atoms with van der Waals surface area (Å²) >= 11 is 0. The number of benzene rings is 1. The van der Waals surface area contributed by atoms with Crippen molar-refractivity contribution in [3.05, 3.63) is 29.8 Å². The smallest absolute Gasteiger partial charge is 0.253 e. The topological polar surface area (TPSA) is 44.4 Å². The minimum absolute atomic E-state index is 0.0235. The van der Waals surface area contributed by atoms with Crippen LogP contribution < -0.4 is 10.6 Å². The number of anilines is 1. The van der Waals surface area contributed by atoms with E-state index in [0.29, 0.717) is 5.56 Å². The fourth-order valence-corrected chi connectivity index (χ4v) is 2.12. The van der Waals surface area contributed by atoms with Gasteiger partial charge in [-0.15, -0.1) is 0 Å². The monoisotopic (exact) mass is 263 g/mol. The highest BCUT2D eigenvalue weighted by Gasteiger charge is 2.14. The van der Waals surface area contributed by atoms with E-state index in [4.69, 9.17) is 0 Å². The number of carbonyl (C=O) groups is 1. The van der Waals surface area contributed by atoms with Crippen LogP contribution >= 0.6 is 0 Å². The van der Waals surface area contributed by atoms with E-state index in [9.17, 15) is 4.79 Å². The summed E-state index contributed by atoms with van der Waals surface area (Å²) < 4.78 is 0. The minimum atomic E-state index is -0.0235. The average molecular weight is 263 g/mol. The molecule has 0 spiro atoms. The maximum atomic E-state index is 12.2. The summed E-state index contributed by atoms with van der Waals surface area (Å²) in [5.74, 6) is -0.0235. The first-order valence-electron chi connectivity index (χ1n) is 6.92. The molecule has 1 rings (SSSR count). The van der Waals surface area contributed by atoms with Gasteiger partial charge in [0.2, 0.25) is 0 Å². The van der Waals surface area contributed by atoms with Gasteiger partial charge in [0.05, 0.1) is 5.56 Å². The van der Waals surface area contributed by atoms with Crippen molar-refractivity contribution in [2.45, 2.75) is 26.8 Å². The summed E-state index contributed by atoms with van der Waals surface area (Å²) in [7, 11) is 1.82. The molecule has 2 N–H and O–H groups in total.